The molecule has 5 nitrogen and oxygen atoms in total. The molecule has 0 fully saturated rings. The number of anilines is 4. The maximum absolute atomic E-state index is 4.61. The summed E-state index contributed by atoms with van der Waals surface area (Å²) in [4.78, 5) is 6.71. The van der Waals surface area contributed by atoms with Gasteiger partial charge in [0.2, 0.25) is 5.95 Å². The molecule has 0 saturated heterocycles. The minimum Gasteiger partial charge on any atom is -0.325 e. The molecule has 0 aliphatic rings. The van der Waals surface area contributed by atoms with Crippen LogP contribution in [0.2, 0.25) is 0 Å². The number of hydrogen-bond acceptors (Lipinski definition) is 5. The quantitative estimate of drug-likeness (QED) is 0.695. The van der Waals surface area contributed by atoms with Crippen LogP contribution in [-0.4, -0.2) is 21.7 Å². The molecule has 3 rings (SSSR count). The van der Waals surface area contributed by atoms with Crippen LogP contribution >= 0.6 is 0 Å². The number of aromatic nitrogens is 3. The van der Waals surface area contributed by atoms with Crippen LogP contribution in [0.5, 0.6) is 0 Å². The van der Waals surface area contributed by atoms with Gasteiger partial charge in [-0.1, -0.05) is 44.2 Å². The number of para-hydroxylation sites is 1. The van der Waals surface area contributed by atoms with Crippen molar-refractivity contribution in [1.82, 2.24) is 15.2 Å². The topological polar surface area (TPSA) is 53.9 Å². The fourth-order valence-electron chi connectivity index (χ4n) is 2.64. The van der Waals surface area contributed by atoms with Crippen LogP contribution in [0.25, 0.3) is 0 Å². The fraction of sp³-hybridized carbons (Fsp3) is 0.250. The third-order valence-corrected chi connectivity index (χ3v) is 4.04. The van der Waals surface area contributed by atoms with E-state index in [-0.39, 0.29) is 0 Å². The molecule has 5 heteroatoms. The molecule has 3 aromatic rings. The van der Waals surface area contributed by atoms with Gasteiger partial charge in [0.1, 0.15) is 0 Å². The minimum absolute atomic E-state index is 0.490. The zero-order valence-electron chi connectivity index (χ0n) is 14.8. The Morgan fingerprint density at radius 1 is 1.00 bits per heavy atom. The summed E-state index contributed by atoms with van der Waals surface area (Å²) in [5, 5.41) is 11.4. The lowest BCUT2D eigenvalue weighted by Crippen LogP contribution is -2.18. The van der Waals surface area contributed by atoms with E-state index in [9.17, 15) is 0 Å². The van der Waals surface area contributed by atoms with Crippen LogP contribution < -0.4 is 10.2 Å². The molecular formula is C20H23N5. The number of nitrogens with one attached hydrogen (secondary N) is 1. The number of benzene rings is 2. The Labute approximate surface area is 148 Å². The molecule has 0 aliphatic carbocycles. The third kappa shape index (κ3) is 4.12. The average Bonchev–Trinajstić information content (AvgIpc) is 2.64. The molecule has 0 amide bonds. The zero-order chi connectivity index (χ0) is 17.6. The van der Waals surface area contributed by atoms with E-state index in [1.54, 1.807) is 6.20 Å². The second-order valence-electron chi connectivity index (χ2n) is 6.12. The SMILES string of the molecule is CCN(c1ccccc1)c1cnnc(Nc2ccc(C(C)C)cc2)n1. The molecule has 0 atom stereocenters. The van der Waals surface area contributed by atoms with Gasteiger partial charge in [0.05, 0.1) is 6.20 Å². The zero-order valence-corrected chi connectivity index (χ0v) is 14.8. The number of hydrogen-bond donors (Lipinski definition) is 1. The molecule has 0 bridgehead atoms. The van der Waals surface area contributed by atoms with Crippen LogP contribution in [-0.2, 0) is 0 Å². The summed E-state index contributed by atoms with van der Waals surface area (Å²) in [7, 11) is 0. The molecule has 1 heterocycles. The Kier molecular flexibility index (Phi) is 5.23. The van der Waals surface area contributed by atoms with Crippen molar-refractivity contribution in [2.75, 3.05) is 16.8 Å². The van der Waals surface area contributed by atoms with E-state index < -0.39 is 0 Å². The second-order valence-corrected chi connectivity index (χ2v) is 6.12. The molecule has 0 aliphatic heterocycles. The molecular weight excluding hydrogens is 310 g/mol. The smallest absolute Gasteiger partial charge is 0.249 e. The summed E-state index contributed by atoms with van der Waals surface area (Å²) in [5.41, 5.74) is 3.34. The van der Waals surface area contributed by atoms with Crippen molar-refractivity contribution in [3.05, 3.63) is 66.4 Å². The highest BCUT2D eigenvalue weighted by atomic mass is 15.3. The molecule has 128 valence electrons. The van der Waals surface area contributed by atoms with Gasteiger partial charge in [-0.25, -0.2) is 0 Å². The largest absolute Gasteiger partial charge is 0.325 e. The molecule has 1 N–H and O–H groups in total. The van der Waals surface area contributed by atoms with Crippen molar-refractivity contribution in [3.8, 4) is 0 Å². The van der Waals surface area contributed by atoms with E-state index in [0.29, 0.717) is 11.9 Å². The Balaban J connectivity index is 1.81. The first-order valence-electron chi connectivity index (χ1n) is 8.56. The van der Waals surface area contributed by atoms with E-state index in [4.69, 9.17) is 0 Å². The average molecular weight is 333 g/mol. The Bertz CT molecular complexity index is 800. The Morgan fingerprint density at radius 3 is 2.36 bits per heavy atom. The van der Waals surface area contributed by atoms with Gasteiger partial charge in [-0.05, 0) is 42.7 Å². The number of rotatable bonds is 6. The van der Waals surface area contributed by atoms with Crippen LogP contribution in [0.15, 0.2) is 60.8 Å². The molecule has 1 aromatic heterocycles. The molecule has 2 aromatic carbocycles. The summed E-state index contributed by atoms with van der Waals surface area (Å²) < 4.78 is 0. The van der Waals surface area contributed by atoms with E-state index in [2.05, 4.69) is 70.4 Å². The minimum atomic E-state index is 0.490. The van der Waals surface area contributed by atoms with Gasteiger partial charge < -0.3 is 10.2 Å². The number of nitrogens with zero attached hydrogens (tertiary/aromatic N) is 4. The van der Waals surface area contributed by atoms with Gasteiger partial charge in [0.15, 0.2) is 5.82 Å². The van der Waals surface area contributed by atoms with E-state index in [1.165, 1.54) is 5.56 Å². The lowest BCUT2D eigenvalue weighted by molar-refractivity contribution is 0.867. The summed E-state index contributed by atoms with van der Waals surface area (Å²) in [6, 6.07) is 18.5. The van der Waals surface area contributed by atoms with Crippen LogP contribution in [0.1, 0.15) is 32.3 Å². The Morgan fingerprint density at radius 2 is 1.72 bits per heavy atom. The van der Waals surface area contributed by atoms with Gasteiger partial charge >= 0.3 is 0 Å². The summed E-state index contributed by atoms with van der Waals surface area (Å²) >= 11 is 0. The monoisotopic (exact) mass is 333 g/mol. The van der Waals surface area contributed by atoms with E-state index in [1.807, 2.05) is 30.3 Å². The first-order valence-corrected chi connectivity index (χ1v) is 8.56. The standard InChI is InChI=1S/C20H23N5/c1-4-25(18-8-6-5-7-9-18)19-14-21-24-20(23-19)22-17-12-10-16(11-13-17)15(2)3/h5-15H,4H2,1-3H3,(H,22,23,24). The van der Waals surface area contributed by atoms with Crippen molar-refractivity contribution in [3.63, 3.8) is 0 Å². The normalized spacial score (nSPS) is 10.7. The Hall–Kier alpha value is -2.95. The summed E-state index contributed by atoms with van der Waals surface area (Å²) in [6.45, 7) is 7.25. The predicted molar refractivity (Wildman–Crippen MR) is 103 cm³/mol. The predicted octanol–water partition coefficient (Wildman–Crippen LogP) is 4.90. The summed E-state index contributed by atoms with van der Waals surface area (Å²) in [5.74, 6) is 1.77. The molecule has 0 radical (unpaired) electrons. The van der Waals surface area contributed by atoms with Crippen LogP contribution in [0.4, 0.5) is 23.1 Å². The van der Waals surface area contributed by atoms with Gasteiger partial charge in [-0.2, -0.15) is 10.1 Å². The van der Waals surface area contributed by atoms with Gasteiger partial charge in [-0.15, -0.1) is 5.10 Å². The molecule has 25 heavy (non-hydrogen) atoms. The molecule has 0 unspecified atom stereocenters. The highest BCUT2D eigenvalue weighted by molar-refractivity contribution is 5.61. The van der Waals surface area contributed by atoms with Gasteiger partial charge in [-0.3, -0.25) is 0 Å². The van der Waals surface area contributed by atoms with Crippen molar-refractivity contribution in [2.45, 2.75) is 26.7 Å². The van der Waals surface area contributed by atoms with Crippen molar-refractivity contribution in [2.24, 2.45) is 0 Å². The first-order chi connectivity index (χ1) is 12.2. The van der Waals surface area contributed by atoms with E-state index in [0.717, 1.165) is 23.7 Å². The van der Waals surface area contributed by atoms with Crippen molar-refractivity contribution >= 4 is 23.1 Å². The molecule has 0 saturated carbocycles. The van der Waals surface area contributed by atoms with E-state index >= 15 is 0 Å². The third-order valence-electron chi connectivity index (χ3n) is 4.04. The lowest BCUT2D eigenvalue weighted by Gasteiger charge is -2.21. The highest BCUT2D eigenvalue weighted by Crippen LogP contribution is 2.24. The first kappa shape index (κ1) is 16.9. The van der Waals surface area contributed by atoms with Crippen LogP contribution in [0, 0.1) is 0 Å². The maximum atomic E-state index is 4.61. The fourth-order valence-corrected chi connectivity index (χ4v) is 2.64. The van der Waals surface area contributed by atoms with Gasteiger partial charge in [0.25, 0.3) is 0 Å². The molecule has 0 spiro atoms. The maximum Gasteiger partial charge on any atom is 0.249 e. The second kappa shape index (κ2) is 7.75. The summed E-state index contributed by atoms with van der Waals surface area (Å²) in [6.07, 6.45) is 1.68. The van der Waals surface area contributed by atoms with Crippen molar-refractivity contribution in [1.29, 1.82) is 0 Å². The lowest BCUT2D eigenvalue weighted by atomic mass is 10.0. The van der Waals surface area contributed by atoms with Gasteiger partial charge in [0, 0.05) is 17.9 Å². The highest BCUT2D eigenvalue weighted by Gasteiger charge is 2.10. The van der Waals surface area contributed by atoms with Crippen molar-refractivity contribution < 1.29 is 0 Å². The van der Waals surface area contributed by atoms with Crippen LogP contribution in [0.3, 0.4) is 0 Å².